The number of rotatable bonds is 9. The van der Waals surface area contributed by atoms with E-state index in [4.69, 9.17) is 18.0 Å². The zero-order valence-electron chi connectivity index (χ0n) is 12.0. The van der Waals surface area contributed by atoms with Gasteiger partial charge >= 0.3 is 0 Å². The molecular formula is C13H27N3OS. The highest BCUT2D eigenvalue weighted by Crippen LogP contribution is 2.07. The quantitative estimate of drug-likeness (QED) is 0.626. The number of nitrogens with zero attached hydrogens (tertiary/aromatic N) is 1. The van der Waals surface area contributed by atoms with Crippen molar-refractivity contribution < 1.29 is 4.79 Å². The van der Waals surface area contributed by atoms with Crippen LogP contribution < -0.4 is 11.1 Å². The van der Waals surface area contributed by atoms with Crippen molar-refractivity contribution in [3.05, 3.63) is 0 Å². The van der Waals surface area contributed by atoms with Crippen LogP contribution in [0, 0.1) is 5.92 Å². The second-order valence-electron chi connectivity index (χ2n) is 4.64. The molecule has 3 N–H and O–H groups in total. The molecule has 2 unspecified atom stereocenters. The van der Waals surface area contributed by atoms with Crippen LogP contribution in [0.3, 0.4) is 0 Å². The normalized spacial score (nSPS) is 14.3. The van der Waals surface area contributed by atoms with E-state index >= 15 is 0 Å². The number of amides is 1. The van der Waals surface area contributed by atoms with Crippen LogP contribution in [0.15, 0.2) is 0 Å². The van der Waals surface area contributed by atoms with Crippen molar-refractivity contribution >= 4 is 23.1 Å². The Bertz CT molecular complexity index is 267. The van der Waals surface area contributed by atoms with E-state index in [1.54, 1.807) is 0 Å². The molecule has 0 fully saturated rings. The van der Waals surface area contributed by atoms with Crippen molar-refractivity contribution in [2.75, 3.05) is 19.6 Å². The lowest BCUT2D eigenvalue weighted by atomic mass is 10.0. The maximum Gasteiger partial charge on any atom is 0.230 e. The van der Waals surface area contributed by atoms with Crippen molar-refractivity contribution in [2.24, 2.45) is 11.7 Å². The standard InChI is InChI=1S/C13H27N3OS/c1-5-8-11(12(14)18)13(17)15-10(4)9-16(6-2)7-3/h10-11H,5-9H2,1-4H3,(H2,14,18)(H,15,17). The van der Waals surface area contributed by atoms with Crippen LogP contribution in [0.1, 0.15) is 40.5 Å². The number of carbonyl (C=O) groups excluding carboxylic acids is 1. The molecule has 106 valence electrons. The highest BCUT2D eigenvalue weighted by Gasteiger charge is 2.22. The molecule has 0 aliphatic heterocycles. The Morgan fingerprint density at radius 3 is 2.28 bits per heavy atom. The summed E-state index contributed by atoms with van der Waals surface area (Å²) in [6, 6.07) is 0.117. The van der Waals surface area contributed by atoms with Crippen molar-refractivity contribution in [3.8, 4) is 0 Å². The summed E-state index contributed by atoms with van der Waals surface area (Å²) in [5.74, 6) is -0.367. The van der Waals surface area contributed by atoms with Gasteiger partial charge in [0.15, 0.2) is 0 Å². The third-order valence-corrected chi connectivity index (χ3v) is 3.34. The molecule has 0 radical (unpaired) electrons. The average Bonchev–Trinajstić information content (AvgIpc) is 2.32. The lowest BCUT2D eigenvalue weighted by molar-refractivity contribution is -0.123. The first-order chi connectivity index (χ1) is 8.46. The van der Waals surface area contributed by atoms with Gasteiger partial charge in [0.1, 0.15) is 0 Å². The van der Waals surface area contributed by atoms with Gasteiger partial charge in [-0.05, 0) is 26.4 Å². The fourth-order valence-corrected chi connectivity index (χ4v) is 2.17. The number of thiocarbonyl (C=S) groups is 1. The van der Waals surface area contributed by atoms with Crippen molar-refractivity contribution in [3.63, 3.8) is 0 Å². The van der Waals surface area contributed by atoms with Crippen LogP contribution in [-0.4, -0.2) is 41.5 Å². The van der Waals surface area contributed by atoms with Gasteiger partial charge < -0.3 is 16.0 Å². The highest BCUT2D eigenvalue weighted by atomic mass is 32.1. The van der Waals surface area contributed by atoms with Gasteiger partial charge in [0.2, 0.25) is 5.91 Å². The third-order valence-electron chi connectivity index (χ3n) is 3.05. The zero-order valence-corrected chi connectivity index (χ0v) is 12.8. The molecule has 0 aliphatic carbocycles. The summed E-state index contributed by atoms with van der Waals surface area (Å²) in [5, 5.41) is 3.00. The second kappa shape index (κ2) is 9.28. The van der Waals surface area contributed by atoms with Crippen LogP contribution in [0.25, 0.3) is 0 Å². The van der Waals surface area contributed by atoms with Crippen LogP contribution in [0.4, 0.5) is 0 Å². The molecule has 18 heavy (non-hydrogen) atoms. The number of hydrogen-bond acceptors (Lipinski definition) is 3. The van der Waals surface area contributed by atoms with Gasteiger partial charge in [-0.1, -0.05) is 39.4 Å². The Balaban J connectivity index is 4.31. The predicted molar refractivity (Wildman–Crippen MR) is 80.6 cm³/mol. The minimum absolute atomic E-state index is 0.0380. The molecule has 0 aromatic heterocycles. The minimum Gasteiger partial charge on any atom is -0.393 e. The summed E-state index contributed by atoms with van der Waals surface area (Å²) in [7, 11) is 0. The van der Waals surface area contributed by atoms with Gasteiger partial charge in [-0.2, -0.15) is 0 Å². The summed E-state index contributed by atoms with van der Waals surface area (Å²) in [5.41, 5.74) is 5.61. The molecule has 0 saturated carbocycles. The molecule has 4 nitrogen and oxygen atoms in total. The first-order valence-electron chi connectivity index (χ1n) is 6.78. The van der Waals surface area contributed by atoms with E-state index in [0.717, 1.165) is 32.5 Å². The molecule has 0 heterocycles. The van der Waals surface area contributed by atoms with E-state index in [1.807, 2.05) is 13.8 Å². The van der Waals surface area contributed by atoms with Gasteiger partial charge in [0.25, 0.3) is 0 Å². The molecular weight excluding hydrogens is 246 g/mol. The fraction of sp³-hybridized carbons (Fsp3) is 0.846. The molecule has 0 aromatic rings. The van der Waals surface area contributed by atoms with Gasteiger partial charge in [-0.3, -0.25) is 4.79 Å². The van der Waals surface area contributed by atoms with E-state index in [2.05, 4.69) is 24.1 Å². The highest BCUT2D eigenvalue weighted by molar-refractivity contribution is 7.80. The minimum atomic E-state index is -0.329. The maximum atomic E-state index is 12.0. The van der Waals surface area contributed by atoms with Gasteiger partial charge in [0, 0.05) is 12.6 Å². The molecule has 5 heteroatoms. The molecule has 1 amide bonds. The lowest BCUT2D eigenvalue weighted by Gasteiger charge is -2.25. The number of nitrogens with one attached hydrogen (secondary N) is 1. The van der Waals surface area contributed by atoms with Crippen molar-refractivity contribution in [1.82, 2.24) is 10.2 Å². The first kappa shape index (κ1) is 17.3. The molecule has 0 bridgehead atoms. The molecule has 2 atom stereocenters. The first-order valence-corrected chi connectivity index (χ1v) is 7.19. The van der Waals surface area contributed by atoms with E-state index in [1.165, 1.54) is 0 Å². The van der Waals surface area contributed by atoms with Crippen LogP contribution in [-0.2, 0) is 4.79 Å². The average molecular weight is 273 g/mol. The van der Waals surface area contributed by atoms with E-state index in [9.17, 15) is 4.79 Å². The summed E-state index contributed by atoms with van der Waals surface area (Å²) < 4.78 is 0. The maximum absolute atomic E-state index is 12.0. The SMILES string of the molecule is CCCC(C(=O)NC(C)CN(CC)CC)C(N)=S. The van der Waals surface area contributed by atoms with Gasteiger partial charge in [-0.25, -0.2) is 0 Å². The Labute approximate surface area is 116 Å². The predicted octanol–water partition coefficient (Wildman–Crippen LogP) is 1.54. The lowest BCUT2D eigenvalue weighted by Crippen LogP contribution is -2.46. The van der Waals surface area contributed by atoms with Gasteiger partial charge in [-0.15, -0.1) is 0 Å². The third kappa shape index (κ3) is 6.31. The number of nitrogens with two attached hydrogens (primary N) is 1. The zero-order chi connectivity index (χ0) is 14.1. The summed E-state index contributed by atoms with van der Waals surface area (Å²) >= 11 is 4.95. The topological polar surface area (TPSA) is 58.4 Å². The van der Waals surface area contributed by atoms with Crippen LogP contribution in [0.5, 0.6) is 0 Å². The summed E-state index contributed by atoms with van der Waals surface area (Å²) in [6.07, 6.45) is 1.62. The van der Waals surface area contributed by atoms with E-state index < -0.39 is 0 Å². The van der Waals surface area contributed by atoms with Gasteiger partial charge in [0.05, 0.1) is 10.9 Å². The smallest absolute Gasteiger partial charge is 0.230 e. The molecule has 0 aromatic carbocycles. The molecule has 0 aliphatic rings. The number of carbonyl (C=O) groups is 1. The molecule has 0 spiro atoms. The Morgan fingerprint density at radius 1 is 1.33 bits per heavy atom. The number of hydrogen-bond donors (Lipinski definition) is 2. The number of likely N-dealkylation sites (N-methyl/N-ethyl adjacent to an activating group) is 1. The summed E-state index contributed by atoms with van der Waals surface area (Å²) in [6.45, 7) is 11.1. The monoisotopic (exact) mass is 273 g/mol. The van der Waals surface area contributed by atoms with E-state index in [-0.39, 0.29) is 17.9 Å². The van der Waals surface area contributed by atoms with Crippen molar-refractivity contribution in [1.29, 1.82) is 0 Å². The van der Waals surface area contributed by atoms with Crippen molar-refractivity contribution in [2.45, 2.75) is 46.6 Å². The van der Waals surface area contributed by atoms with Crippen LogP contribution >= 0.6 is 12.2 Å². The largest absolute Gasteiger partial charge is 0.393 e. The fourth-order valence-electron chi connectivity index (χ4n) is 1.95. The Morgan fingerprint density at radius 2 is 1.89 bits per heavy atom. The second-order valence-corrected chi connectivity index (χ2v) is 5.11. The Hall–Kier alpha value is -0.680. The molecule has 0 saturated heterocycles. The van der Waals surface area contributed by atoms with Crippen LogP contribution in [0.2, 0.25) is 0 Å². The Kier molecular flexibility index (Phi) is 8.93. The van der Waals surface area contributed by atoms with E-state index in [0.29, 0.717) is 4.99 Å². The molecule has 0 rings (SSSR count). The summed E-state index contributed by atoms with van der Waals surface area (Å²) in [4.78, 5) is 14.6.